The molecule has 5 heteroatoms. The molecule has 0 unspecified atom stereocenters. The molecule has 0 bridgehead atoms. The molecular formula is C11H19N5. The Morgan fingerprint density at radius 1 is 1.44 bits per heavy atom. The first-order chi connectivity index (χ1) is 7.58. The van der Waals surface area contributed by atoms with E-state index in [1.165, 1.54) is 0 Å². The monoisotopic (exact) mass is 221 g/mol. The number of hydrogen-bond acceptors (Lipinski definition) is 3. The highest BCUT2D eigenvalue weighted by Crippen LogP contribution is 1.95. The van der Waals surface area contributed by atoms with E-state index in [4.69, 9.17) is 5.73 Å². The summed E-state index contributed by atoms with van der Waals surface area (Å²) in [7, 11) is 0. The van der Waals surface area contributed by atoms with Gasteiger partial charge >= 0.3 is 0 Å². The zero-order valence-corrected chi connectivity index (χ0v) is 10.1. The van der Waals surface area contributed by atoms with Crippen LogP contribution in [-0.4, -0.2) is 22.5 Å². The van der Waals surface area contributed by atoms with Crippen LogP contribution in [0.1, 0.15) is 25.2 Å². The van der Waals surface area contributed by atoms with Gasteiger partial charge in [-0.15, -0.1) is 0 Å². The van der Waals surface area contributed by atoms with E-state index in [0.29, 0.717) is 18.4 Å². The lowest BCUT2D eigenvalue weighted by Gasteiger charge is -2.07. The summed E-state index contributed by atoms with van der Waals surface area (Å²) in [6.07, 6.45) is 3.44. The van der Waals surface area contributed by atoms with Gasteiger partial charge < -0.3 is 11.1 Å². The van der Waals surface area contributed by atoms with Gasteiger partial charge in [-0.2, -0.15) is 0 Å². The van der Waals surface area contributed by atoms with Gasteiger partial charge in [0.15, 0.2) is 5.96 Å². The van der Waals surface area contributed by atoms with E-state index in [-0.39, 0.29) is 0 Å². The first-order valence-corrected chi connectivity index (χ1v) is 5.39. The van der Waals surface area contributed by atoms with Crippen molar-refractivity contribution in [2.75, 3.05) is 6.54 Å². The van der Waals surface area contributed by atoms with Crippen molar-refractivity contribution >= 4 is 5.96 Å². The van der Waals surface area contributed by atoms with Crippen LogP contribution >= 0.6 is 0 Å². The number of nitrogens with zero attached hydrogens (tertiary/aromatic N) is 3. The predicted molar refractivity (Wildman–Crippen MR) is 64.9 cm³/mol. The van der Waals surface area contributed by atoms with Crippen LogP contribution in [0, 0.1) is 12.8 Å². The van der Waals surface area contributed by atoms with Gasteiger partial charge in [0.05, 0.1) is 24.1 Å². The van der Waals surface area contributed by atoms with Crippen LogP contribution in [0.5, 0.6) is 0 Å². The Balaban J connectivity index is 2.43. The number of aliphatic imine (C=N–C) groups is 1. The average molecular weight is 221 g/mol. The molecule has 0 radical (unpaired) electrons. The van der Waals surface area contributed by atoms with Crippen LogP contribution in [0.3, 0.4) is 0 Å². The molecule has 0 fully saturated rings. The molecule has 0 amide bonds. The second-order valence-corrected chi connectivity index (χ2v) is 4.13. The Bertz CT molecular complexity index is 342. The van der Waals surface area contributed by atoms with Gasteiger partial charge in [0.25, 0.3) is 0 Å². The van der Waals surface area contributed by atoms with Gasteiger partial charge in [-0.3, -0.25) is 9.97 Å². The quantitative estimate of drug-likeness (QED) is 0.583. The highest BCUT2D eigenvalue weighted by molar-refractivity contribution is 5.77. The van der Waals surface area contributed by atoms with E-state index in [1.807, 2.05) is 6.92 Å². The van der Waals surface area contributed by atoms with Gasteiger partial charge in [-0.1, -0.05) is 13.8 Å². The van der Waals surface area contributed by atoms with Crippen molar-refractivity contribution in [3.05, 3.63) is 23.8 Å². The van der Waals surface area contributed by atoms with Crippen molar-refractivity contribution in [1.29, 1.82) is 0 Å². The predicted octanol–water partition coefficient (Wildman–Crippen LogP) is 0.845. The van der Waals surface area contributed by atoms with Gasteiger partial charge in [0.2, 0.25) is 0 Å². The summed E-state index contributed by atoms with van der Waals surface area (Å²) in [6, 6.07) is 0. The maximum Gasteiger partial charge on any atom is 0.188 e. The number of hydrogen-bond donors (Lipinski definition) is 2. The van der Waals surface area contributed by atoms with E-state index in [9.17, 15) is 0 Å². The molecule has 88 valence electrons. The Morgan fingerprint density at radius 3 is 2.75 bits per heavy atom. The number of rotatable bonds is 4. The molecule has 3 N–H and O–H groups in total. The lowest BCUT2D eigenvalue weighted by molar-refractivity contribution is 0.621. The highest BCUT2D eigenvalue weighted by atomic mass is 15.1. The average Bonchev–Trinajstić information content (AvgIpc) is 2.25. The van der Waals surface area contributed by atoms with E-state index < -0.39 is 0 Å². The molecule has 0 aliphatic carbocycles. The topological polar surface area (TPSA) is 76.2 Å². The van der Waals surface area contributed by atoms with Gasteiger partial charge in [0, 0.05) is 12.7 Å². The van der Waals surface area contributed by atoms with Gasteiger partial charge in [0.1, 0.15) is 0 Å². The summed E-state index contributed by atoms with van der Waals surface area (Å²) in [6.45, 7) is 7.43. The molecular weight excluding hydrogens is 202 g/mol. The lowest BCUT2D eigenvalue weighted by Crippen LogP contribution is -2.34. The van der Waals surface area contributed by atoms with Crippen LogP contribution in [0.25, 0.3) is 0 Å². The summed E-state index contributed by atoms with van der Waals surface area (Å²) in [5.41, 5.74) is 7.41. The zero-order chi connectivity index (χ0) is 12.0. The van der Waals surface area contributed by atoms with Crippen molar-refractivity contribution in [3.8, 4) is 0 Å². The number of guanidine groups is 1. The van der Waals surface area contributed by atoms with Gasteiger partial charge in [-0.05, 0) is 12.8 Å². The Kier molecular flexibility index (Phi) is 4.69. The van der Waals surface area contributed by atoms with E-state index in [0.717, 1.165) is 17.9 Å². The molecule has 0 aliphatic heterocycles. The normalized spacial score (nSPS) is 11.9. The fourth-order valence-corrected chi connectivity index (χ4v) is 1.03. The third-order valence-electron chi connectivity index (χ3n) is 1.94. The van der Waals surface area contributed by atoms with E-state index >= 15 is 0 Å². The summed E-state index contributed by atoms with van der Waals surface area (Å²) < 4.78 is 0. The number of aromatic nitrogens is 2. The maximum absolute atomic E-state index is 5.69. The maximum atomic E-state index is 5.69. The lowest BCUT2D eigenvalue weighted by atomic mass is 10.2. The van der Waals surface area contributed by atoms with E-state index in [1.54, 1.807) is 12.4 Å². The minimum atomic E-state index is 0.455. The summed E-state index contributed by atoms with van der Waals surface area (Å²) in [5.74, 6) is 1.00. The van der Waals surface area contributed by atoms with Crippen molar-refractivity contribution in [2.45, 2.75) is 27.3 Å². The minimum Gasteiger partial charge on any atom is -0.370 e. The third kappa shape index (κ3) is 4.72. The van der Waals surface area contributed by atoms with E-state index in [2.05, 4.69) is 34.1 Å². The zero-order valence-electron chi connectivity index (χ0n) is 10.1. The fourth-order valence-electron chi connectivity index (χ4n) is 1.03. The van der Waals surface area contributed by atoms with Crippen LogP contribution in [0.15, 0.2) is 17.4 Å². The van der Waals surface area contributed by atoms with Crippen LogP contribution in [-0.2, 0) is 6.54 Å². The number of aryl methyl sites for hydroxylation is 1. The molecule has 0 saturated carbocycles. The van der Waals surface area contributed by atoms with Crippen molar-refractivity contribution in [2.24, 2.45) is 16.6 Å². The number of nitrogens with one attached hydrogen (secondary N) is 1. The minimum absolute atomic E-state index is 0.455. The Morgan fingerprint density at radius 2 is 2.19 bits per heavy atom. The Labute approximate surface area is 96.2 Å². The van der Waals surface area contributed by atoms with Crippen LogP contribution in [0.2, 0.25) is 0 Å². The third-order valence-corrected chi connectivity index (χ3v) is 1.94. The van der Waals surface area contributed by atoms with Gasteiger partial charge in [-0.25, -0.2) is 4.99 Å². The molecule has 16 heavy (non-hydrogen) atoms. The summed E-state index contributed by atoms with van der Waals surface area (Å²) in [4.78, 5) is 12.5. The molecule has 1 aromatic rings. The number of nitrogens with two attached hydrogens (primary N) is 1. The first-order valence-electron chi connectivity index (χ1n) is 5.39. The molecule has 1 aromatic heterocycles. The molecule has 1 heterocycles. The van der Waals surface area contributed by atoms with Crippen molar-refractivity contribution in [1.82, 2.24) is 15.3 Å². The van der Waals surface area contributed by atoms with Crippen LogP contribution < -0.4 is 11.1 Å². The molecule has 0 saturated heterocycles. The van der Waals surface area contributed by atoms with Crippen molar-refractivity contribution in [3.63, 3.8) is 0 Å². The Hall–Kier alpha value is -1.65. The fraction of sp³-hybridized carbons (Fsp3) is 0.545. The second-order valence-electron chi connectivity index (χ2n) is 4.13. The molecule has 0 aromatic carbocycles. The molecule has 0 spiro atoms. The summed E-state index contributed by atoms with van der Waals surface area (Å²) in [5, 5.41) is 3.04. The smallest absolute Gasteiger partial charge is 0.188 e. The molecule has 0 atom stereocenters. The molecule has 0 aliphatic rings. The van der Waals surface area contributed by atoms with Crippen LogP contribution in [0.4, 0.5) is 0 Å². The van der Waals surface area contributed by atoms with Crippen molar-refractivity contribution < 1.29 is 0 Å². The second kappa shape index (κ2) is 6.05. The standard InChI is InChI=1S/C11H19N5/c1-8(2)4-15-11(12)16-7-10-6-13-9(3)5-14-10/h5-6,8H,4,7H2,1-3H3,(H3,12,15,16). The molecule has 5 nitrogen and oxygen atoms in total. The molecule has 1 rings (SSSR count). The first kappa shape index (κ1) is 12.4. The SMILES string of the molecule is Cc1cnc(CN=C(N)NCC(C)C)cn1. The highest BCUT2D eigenvalue weighted by Gasteiger charge is 1.96. The summed E-state index contributed by atoms with van der Waals surface area (Å²) >= 11 is 0. The largest absolute Gasteiger partial charge is 0.370 e.